The van der Waals surface area contributed by atoms with E-state index in [2.05, 4.69) is 0 Å². The molecule has 0 aliphatic heterocycles. The molecule has 0 aromatic carbocycles. The molecule has 0 bridgehead atoms. The Morgan fingerprint density at radius 2 is 2.08 bits per heavy atom. The molecule has 5 heteroatoms. The van der Waals surface area contributed by atoms with Crippen LogP contribution in [0.5, 0.6) is 0 Å². The Hall–Kier alpha value is 0.830. The fourth-order valence-corrected chi connectivity index (χ4v) is 2.51. The molecule has 0 spiro atoms. The highest BCUT2D eigenvalue weighted by atomic mass is 35.6. The summed E-state index contributed by atoms with van der Waals surface area (Å²) in [5.74, 6) is 0.0743. The number of alkyl halides is 4. The number of rotatable bonds is 1. The summed E-state index contributed by atoms with van der Waals surface area (Å²) in [5.41, 5.74) is 0. The Morgan fingerprint density at radius 1 is 1.58 bits per heavy atom. The molecule has 12 heavy (non-hydrogen) atoms. The first-order valence-electron chi connectivity index (χ1n) is 3.54. The highest BCUT2D eigenvalue weighted by Crippen LogP contribution is 2.49. The van der Waals surface area contributed by atoms with Crippen molar-refractivity contribution in [3.63, 3.8) is 0 Å². The van der Waals surface area contributed by atoms with Gasteiger partial charge in [-0.3, -0.25) is 4.79 Å². The third-order valence-electron chi connectivity index (χ3n) is 2.19. The molecule has 2 unspecified atom stereocenters. The standard InChI is InChI=1S/C7H8Cl4O/c1-4-2-5(12)6(4,8)3-7(9,10)11/h4H,2-3H2,1H3. The van der Waals surface area contributed by atoms with Crippen LogP contribution in [-0.2, 0) is 4.79 Å². The van der Waals surface area contributed by atoms with E-state index in [-0.39, 0.29) is 18.1 Å². The van der Waals surface area contributed by atoms with Gasteiger partial charge in [0, 0.05) is 12.8 Å². The fourth-order valence-electron chi connectivity index (χ4n) is 1.32. The summed E-state index contributed by atoms with van der Waals surface area (Å²) in [6.45, 7) is 1.88. The third kappa shape index (κ3) is 2.01. The Labute approximate surface area is 91.3 Å². The maximum Gasteiger partial charge on any atom is 0.192 e. The van der Waals surface area contributed by atoms with Crippen molar-refractivity contribution in [2.75, 3.05) is 0 Å². The van der Waals surface area contributed by atoms with Crippen molar-refractivity contribution >= 4 is 52.2 Å². The van der Waals surface area contributed by atoms with Gasteiger partial charge in [0.2, 0.25) is 0 Å². The fraction of sp³-hybridized carbons (Fsp3) is 0.857. The SMILES string of the molecule is CC1CC(=O)C1(Cl)CC(Cl)(Cl)Cl. The van der Waals surface area contributed by atoms with E-state index >= 15 is 0 Å². The van der Waals surface area contributed by atoms with Gasteiger partial charge >= 0.3 is 0 Å². The zero-order valence-corrected chi connectivity index (χ0v) is 9.44. The summed E-state index contributed by atoms with van der Waals surface area (Å²) in [6.07, 6.45) is 0.580. The van der Waals surface area contributed by atoms with Crippen LogP contribution in [0.3, 0.4) is 0 Å². The normalized spacial score (nSPS) is 36.4. The van der Waals surface area contributed by atoms with Crippen LogP contribution >= 0.6 is 46.4 Å². The molecular weight excluding hydrogens is 242 g/mol. The minimum atomic E-state index is -1.44. The van der Waals surface area contributed by atoms with E-state index in [9.17, 15) is 4.79 Å². The molecule has 1 aliphatic carbocycles. The molecule has 0 aromatic rings. The number of hydrogen-bond donors (Lipinski definition) is 0. The zero-order valence-electron chi connectivity index (χ0n) is 6.41. The molecule has 1 rings (SSSR count). The van der Waals surface area contributed by atoms with Gasteiger partial charge in [0.1, 0.15) is 4.87 Å². The smallest absolute Gasteiger partial charge is 0.192 e. The monoisotopic (exact) mass is 248 g/mol. The van der Waals surface area contributed by atoms with Gasteiger partial charge in [-0.05, 0) is 5.92 Å². The number of carbonyl (C=O) groups excluding carboxylic acids is 1. The molecule has 2 atom stereocenters. The van der Waals surface area contributed by atoms with Gasteiger partial charge in [0.05, 0.1) is 0 Å². The van der Waals surface area contributed by atoms with E-state index in [0.29, 0.717) is 6.42 Å². The highest BCUT2D eigenvalue weighted by Gasteiger charge is 2.54. The highest BCUT2D eigenvalue weighted by molar-refractivity contribution is 6.68. The van der Waals surface area contributed by atoms with E-state index in [1.807, 2.05) is 6.92 Å². The Kier molecular flexibility index (Phi) is 2.91. The molecular formula is C7H8Cl4O. The van der Waals surface area contributed by atoms with Crippen LogP contribution in [0, 0.1) is 5.92 Å². The first-order chi connectivity index (χ1) is 5.26. The molecule has 1 saturated carbocycles. The molecule has 0 heterocycles. The van der Waals surface area contributed by atoms with Crippen molar-refractivity contribution in [3.05, 3.63) is 0 Å². The number of hydrogen-bond acceptors (Lipinski definition) is 1. The van der Waals surface area contributed by atoms with Crippen molar-refractivity contribution in [1.82, 2.24) is 0 Å². The van der Waals surface area contributed by atoms with Crippen molar-refractivity contribution < 1.29 is 4.79 Å². The molecule has 0 saturated heterocycles. The predicted molar refractivity (Wildman–Crippen MR) is 52.3 cm³/mol. The Morgan fingerprint density at radius 3 is 2.25 bits per heavy atom. The van der Waals surface area contributed by atoms with E-state index in [1.165, 1.54) is 0 Å². The number of halogens is 4. The van der Waals surface area contributed by atoms with Gasteiger partial charge in [-0.1, -0.05) is 41.7 Å². The lowest BCUT2D eigenvalue weighted by atomic mass is 9.71. The molecule has 0 radical (unpaired) electrons. The van der Waals surface area contributed by atoms with Crippen molar-refractivity contribution in [2.45, 2.75) is 28.4 Å². The second kappa shape index (κ2) is 3.20. The van der Waals surface area contributed by atoms with Crippen molar-refractivity contribution in [1.29, 1.82) is 0 Å². The van der Waals surface area contributed by atoms with Gasteiger partial charge in [-0.25, -0.2) is 0 Å². The molecule has 1 aliphatic rings. The van der Waals surface area contributed by atoms with Crippen LogP contribution < -0.4 is 0 Å². The summed E-state index contributed by atoms with van der Waals surface area (Å²) >= 11 is 22.7. The lowest BCUT2D eigenvalue weighted by Crippen LogP contribution is -2.52. The largest absolute Gasteiger partial charge is 0.298 e. The average Bonchev–Trinajstić information content (AvgIpc) is 1.85. The van der Waals surface area contributed by atoms with Crippen LogP contribution in [0.15, 0.2) is 0 Å². The van der Waals surface area contributed by atoms with Gasteiger partial charge < -0.3 is 0 Å². The summed E-state index contributed by atoms with van der Waals surface area (Å²) in [6, 6.07) is 0. The predicted octanol–water partition coefficient (Wildman–Crippen LogP) is 3.33. The molecule has 1 fully saturated rings. The maximum absolute atomic E-state index is 11.1. The van der Waals surface area contributed by atoms with Gasteiger partial charge in [-0.15, -0.1) is 11.6 Å². The molecule has 0 N–H and O–H groups in total. The minimum Gasteiger partial charge on any atom is -0.298 e. The van der Waals surface area contributed by atoms with Gasteiger partial charge in [0.15, 0.2) is 9.58 Å². The quantitative estimate of drug-likeness (QED) is 0.652. The van der Waals surface area contributed by atoms with Crippen LogP contribution in [0.25, 0.3) is 0 Å². The van der Waals surface area contributed by atoms with Gasteiger partial charge in [0.25, 0.3) is 0 Å². The molecule has 0 amide bonds. The van der Waals surface area contributed by atoms with Crippen LogP contribution in [0.2, 0.25) is 0 Å². The van der Waals surface area contributed by atoms with Crippen molar-refractivity contribution in [3.8, 4) is 0 Å². The summed E-state index contributed by atoms with van der Waals surface area (Å²) < 4.78 is -1.44. The topological polar surface area (TPSA) is 17.1 Å². The Balaban J connectivity index is 2.67. The molecule has 0 aromatic heterocycles. The second-order valence-electron chi connectivity index (χ2n) is 3.18. The van der Waals surface area contributed by atoms with E-state index in [4.69, 9.17) is 46.4 Å². The summed E-state index contributed by atoms with van der Waals surface area (Å²) in [4.78, 5) is 10.2. The number of carbonyl (C=O) groups is 1. The molecule has 1 nitrogen and oxygen atoms in total. The summed E-state index contributed by atoms with van der Waals surface area (Å²) in [7, 11) is 0. The second-order valence-corrected chi connectivity index (χ2v) is 6.37. The number of Topliss-reactive ketones (excluding diaryl/α,β-unsaturated/α-hetero) is 1. The first kappa shape index (κ1) is 10.9. The van der Waals surface area contributed by atoms with Crippen molar-refractivity contribution in [2.24, 2.45) is 5.92 Å². The minimum absolute atomic E-state index is 0.0250. The Bertz CT molecular complexity index is 210. The average molecular weight is 250 g/mol. The lowest BCUT2D eigenvalue weighted by molar-refractivity contribution is -0.131. The summed E-state index contributed by atoms with van der Waals surface area (Å²) in [5, 5.41) is 0. The van der Waals surface area contributed by atoms with Crippen LogP contribution in [0.4, 0.5) is 0 Å². The first-order valence-corrected chi connectivity index (χ1v) is 5.06. The van der Waals surface area contributed by atoms with Crippen LogP contribution in [-0.4, -0.2) is 14.4 Å². The van der Waals surface area contributed by atoms with E-state index < -0.39 is 8.67 Å². The zero-order chi connectivity index (χ0) is 9.57. The number of ketones is 1. The van der Waals surface area contributed by atoms with E-state index in [1.54, 1.807) is 0 Å². The van der Waals surface area contributed by atoms with Gasteiger partial charge in [-0.2, -0.15) is 0 Å². The maximum atomic E-state index is 11.1. The van der Waals surface area contributed by atoms with E-state index in [0.717, 1.165) is 0 Å². The molecule has 70 valence electrons. The third-order valence-corrected chi connectivity index (χ3v) is 3.31. The van der Waals surface area contributed by atoms with Crippen LogP contribution in [0.1, 0.15) is 19.8 Å². The lowest BCUT2D eigenvalue weighted by Gasteiger charge is -2.42.